The maximum atomic E-state index is 11.9. The van der Waals surface area contributed by atoms with E-state index in [4.69, 9.17) is 4.74 Å². The molecule has 1 amide bonds. The number of carbonyl (C=O) groups is 1. The van der Waals surface area contributed by atoms with Crippen LogP contribution in [0, 0.1) is 0 Å². The first-order valence-electron chi connectivity index (χ1n) is 5.15. The Morgan fingerprint density at radius 3 is 3.19 bits per heavy atom. The highest BCUT2D eigenvalue weighted by molar-refractivity contribution is 6.05. The molecule has 0 atom stereocenters. The molecule has 16 heavy (non-hydrogen) atoms. The van der Waals surface area contributed by atoms with Gasteiger partial charge >= 0.3 is 0 Å². The van der Waals surface area contributed by atoms with Crippen molar-refractivity contribution in [2.75, 3.05) is 13.2 Å². The summed E-state index contributed by atoms with van der Waals surface area (Å²) in [6, 6.07) is 3.85. The van der Waals surface area contributed by atoms with Crippen LogP contribution in [0.3, 0.4) is 0 Å². The van der Waals surface area contributed by atoms with Crippen molar-refractivity contribution in [1.29, 1.82) is 0 Å². The molecule has 0 aromatic carbocycles. The zero-order valence-electron chi connectivity index (χ0n) is 8.56. The first-order chi connectivity index (χ1) is 7.84. The molecule has 5 nitrogen and oxygen atoms in total. The van der Waals surface area contributed by atoms with Gasteiger partial charge in [0.05, 0.1) is 24.8 Å². The van der Waals surface area contributed by atoms with E-state index >= 15 is 0 Å². The van der Waals surface area contributed by atoms with Gasteiger partial charge in [-0.05, 0) is 12.1 Å². The largest absolute Gasteiger partial charge is 0.377 e. The maximum absolute atomic E-state index is 11.9. The van der Waals surface area contributed by atoms with Crippen LogP contribution in [0.5, 0.6) is 0 Å². The van der Waals surface area contributed by atoms with Gasteiger partial charge in [0.15, 0.2) is 0 Å². The van der Waals surface area contributed by atoms with Crippen molar-refractivity contribution in [3.05, 3.63) is 30.1 Å². The molecule has 1 aliphatic rings. The second-order valence-electron chi connectivity index (χ2n) is 3.81. The van der Waals surface area contributed by atoms with E-state index in [1.165, 1.54) is 0 Å². The van der Waals surface area contributed by atoms with E-state index in [1.807, 2.05) is 12.1 Å². The van der Waals surface area contributed by atoms with Crippen LogP contribution < -0.4 is 5.32 Å². The maximum Gasteiger partial charge on any atom is 0.253 e. The lowest BCUT2D eigenvalue weighted by Gasteiger charge is -2.26. The number of H-pyrrole nitrogens is 1. The number of nitrogens with zero attached hydrogens (tertiary/aromatic N) is 1. The third-order valence-electron chi connectivity index (χ3n) is 2.67. The number of fused-ring (bicyclic) bond motifs is 1. The molecule has 3 heterocycles. The van der Waals surface area contributed by atoms with Gasteiger partial charge in [-0.3, -0.25) is 4.79 Å². The average molecular weight is 217 g/mol. The fraction of sp³-hybridized carbons (Fsp3) is 0.273. The number of hydrogen-bond donors (Lipinski definition) is 2. The zero-order chi connectivity index (χ0) is 11.0. The molecule has 2 N–H and O–H groups in total. The number of ether oxygens (including phenoxy) is 1. The quantitative estimate of drug-likeness (QED) is 0.777. The summed E-state index contributed by atoms with van der Waals surface area (Å²) >= 11 is 0. The number of amides is 1. The lowest BCUT2D eigenvalue weighted by Crippen LogP contribution is -2.48. The van der Waals surface area contributed by atoms with Gasteiger partial charge in [-0.15, -0.1) is 0 Å². The summed E-state index contributed by atoms with van der Waals surface area (Å²) in [5.41, 5.74) is 1.37. The predicted molar refractivity (Wildman–Crippen MR) is 58.2 cm³/mol. The van der Waals surface area contributed by atoms with E-state index < -0.39 is 0 Å². The summed E-state index contributed by atoms with van der Waals surface area (Å²) in [5.74, 6) is -0.0763. The monoisotopic (exact) mass is 217 g/mol. The average Bonchev–Trinajstić information content (AvgIpc) is 2.67. The standard InChI is InChI=1S/C11H11N3O2/c15-11(14-7-5-16-6-7)9-4-13-10-8(9)2-1-3-12-10/h1-4,7H,5-6H2,(H,12,13)(H,14,15). The highest BCUT2D eigenvalue weighted by atomic mass is 16.5. The summed E-state index contributed by atoms with van der Waals surface area (Å²) in [5, 5.41) is 3.75. The molecule has 0 radical (unpaired) electrons. The molecule has 1 aliphatic heterocycles. The van der Waals surface area contributed by atoms with Gasteiger partial charge in [-0.25, -0.2) is 4.98 Å². The van der Waals surface area contributed by atoms with Crippen LogP contribution in [0.2, 0.25) is 0 Å². The first kappa shape index (κ1) is 9.35. The Labute approximate surface area is 91.8 Å². The van der Waals surface area contributed by atoms with E-state index in [0.29, 0.717) is 18.8 Å². The molecule has 1 saturated heterocycles. The van der Waals surface area contributed by atoms with Crippen molar-refractivity contribution in [3.8, 4) is 0 Å². The van der Waals surface area contributed by atoms with E-state index in [9.17, 15) is 4.79 Å². The lowest BCUT2D eigenvalue weighted by atomic mass is 10.2. The van der Waals surface area contributed by atoms with Crippen molar-refractivity contribution in [2.24, 2.45) is 0 Å². The van der Waals surface area contributed by atoms with E-state index in [-0.39, 0.29) is 11.9 Å². The van der Waals surface area contributed by atoms with Crippen LogP contribution in [0.25, 0.3) is 11.0 Å². The van der Waals surface area contributed by atoms with Gasteiger partial charge in [-0.2, -0.15) is 0 Å². The Morgan fingerprint density at radius 2 is 2.44 bits per heavy atom. The minimum atomic E-state index is -0.0763. The third kappa shape index (κ3) is 1.45. The van der Waals surface area contributed by atoms with Gasteiger partial charge < -0.3 is 15.0 Å². The van der Waals surface area contributed by atoms with Crippen LogP contribution in [-0.4, -0.2) is 35.1 Å². The topological polar surface area (TPSA) is 67.0 Å². The predicted octanol–water partition coefficient (Wildman–Crippen LogP) is 0.691. The molecule has 3 rings (SSSR count). The van der Waals surface area contributed by atoms with Gasteiger partial charge in [0.1, 0.15) is 5.65 Å². The molecule has 5 heteroatoms. The third-order valence-corrected chi connectivity index (χ3v) is 2.67. The Bertz CT molecular complexity index is 531. The molecule has 2 aromatic heterocycles. The summed E-state index contributed by atoms with van der Waals surface area (Å²) in [6.45, 7) is 1.21. The molecule has 0 aliphatic carbocycles. The molecule has 0 unspecified atom stereocenters. The number of pyridine rings is 1. The van der Waals surface area contributed by atoms with E-state index in [0.717, 1.165) is 11.0 Å². The SMILES string of the molecule is O=C(NC1COC1)c1c[nH]c2ncccc12. The van der Waals surface area contributed by atoms with E-state index in [2.05, 4.69) is 15.3 Å². The molecule has 0 spiro atoms. The smallest absolute Gasteiger partial charge is 0.253 e. The van der Waals surface area contributed by atoms with Crippen LogP contribution in [0.15, 0.2) is 24.5 Å². The summed E-state index contributed by atoms with van der Waals surface area (Å²) in [7, 11) is 0. The molecule has 82 valence electrons. The highest BCUT2D eigenvalue weighted by Crippen LogP contribution is 2.15. The van der Waals surface area contributed by atoms with Crippen LogP contribution >= 0.6 is 0 Å². The van der Waals surface area contributed by atoms with Crippen molar-refractivity contribution >= 4 is 16.9 Å². The van der Waals surface area contributed by atoms with Gasteiger partial charge in [0.2, 0.25) is 0 Å². The molecular formula is C11H11N3O2. The number of aromatic amines is 1. The van der Waals surface area contributed by atoms with Gasteiger partial charge in [-0.1, -0.05) is 0 Å². The Balaban J connectivity index is 1.89. The Kier molecular flexibility index (Phi) is 2.11. The molecule has 1 fully saturated rings. The molecular weight excluding hydrogens is 206 g/mol. The normalized spacial score (nSPS) is 16.0. The second kappa shape index (κ2) is 3.61. The van der Waals surface area contributed by atoms with Crippen molar-refractivity contribution in [2.45, 2.75) is 6.04 Å². The van der Waals surface area contributed by atoms with Crippen LogP contribution in [-0.2, 0) is 4.74 Å². The number of hydrogen-bond acceptors (Lipinski definition) is 3. The highest BCUT2D eigenvalue weighted by Gasteiger charge is 2.22. The minimum Gasteiger partial charge on any atom is -0.377 e. The fourth-order valence-electron chi connectivity index (χ4n) is 1.73. The summed E-state index contributed by atoms with van der Waals surface area (Å²) in [6.07, 6.45) is 3.38. The molecule has 0 bridgehead atoms. The van der Waals surface area contributed by atoms with Gasteiger partial charge in [0.25, 0.3) is 5.91 Å². The van der Waals surface area contributed by atoms with Crippen molar-refractivity contribution in [3.63, 3.8) is 0 Å². The second-order valence-corrected chi connectivity index (χ2v) is 3.81. The minimum absolute atomic E-state index is 0.0763. The molecule has 0 saturated carbocycles. The van der Waals surface area contributed by atoms with Crippen molar-refractivity contribution in [1.82, 2.24) is 15.3 Å². The number of carbonyl (C=O) groups excluding carboxylic acids is 1. The Hall–Kier alpha value is -1.88. The fourth-order valence-corrected chi connectivity index (χ4v) is 1.73. The summed E-state index contributed by atoms with van der Waals surface area (Å²) in [4.78, 5) is 19.0. The van der Waals surface area contributed by atoms with Crippen LogP contribution in [0.4, 0.5) is 0 Å². The number of rotatable bonds is 2. The zero-order valence-corrected chi connectivity index (χ0v) is 8.56. The lowest BCUT2D eigenvalue weighted by molar-refractivity contribution is -0.00343. The Morgan fingerprint density at radius 1 is 1.56 bits per heavy atom. The van der Waals surface area contributed by atoms with Crippen molar-refractivity contribution < 1.29 is 9.53 Å². The van der Waals surface area contributed by atoms with Crippen LogP contribution in [0.1, 0.15) is 10.4 Å². The number of aromatic nitrogens is 2. The summed E-state index contributed by atoms with van der Waals surface area (Å²) < 4.78 is 5.01. The van der Waals surface area contributed by atoms with Gasteiger partial charge in [0, 0.05) is 17.8 Å². The molecule has 2 aromatic rings. The first-order valence-corrected chi connectivity index (χ1v) is 5.15. The van der Waals surface area contributed by atoms with E-state index in [1.54, 1.807) is 12.4 Å². The number of nitrogens with one attached hydrogen (secondary N) is 2.